The van der Waals surface area contributed by atoms with Crippen molar-refractivity contribution in [2.75, 3.05) is 12.3 Å². The van der Waals surface area contributed by atoms with Crippen molar-refractivity contribution >= 4 is 20.0 Å². The van der Waals surface area contributed by atoms with Gasteiger partial charge in [-0.25, -0.2) is 26.7 Å². The summed E-state index contributed by atoms with van der Waals surface area (Å²) in [5.74, 6) is -0.690. The van der Waals surface area contributed by atoms with Crippen molar-refractivity contribution in [3.63, 3.8) is 0 Å². The molecule has 0 heterocycles. The van der Waals surface area contributed by atoms with Crippen LogP contribution < -0.4 is 9.86 Å². The van der Waals surface area contributed by atoms with E-state index in [1.807, 2.05) is 0 Å². The van der Waals surface area contributed by atoms with E-state index in [2.05, 4.69) is 4.72 Å². The first-order valence-corrected chi connectivity index (χ1v) is 7.70. The number of nitrogens with two attached hydrogens (primary N) is 1. The second kappa shape index (κ2) is 5.00. The van der Waals surface area contributed by atoms with Crippen LogP contribution in [0, 0.1) is 0 Å². The van der Waals surface area contributed by atoms with Gasteiger partial charge in [-0.1, -0.05) is 6.07 Å². The molecule has 0 fully saturated rings. The molecular formula is C8H12N2O5S2. The van der Waals surface area contributed by atoms with Gasteiger partial charge in [-0.2, -0.15) is 0 Å². The van der Waals surface area contributed by atoms with Crippen LogP contribution in [0.2, 0.25) is 0 Å². The second-order valence-electron chi connectivity index (χ2n) is 3.26. The molecule has 0 radical (unpaired) electrons. The van der Waals surface area contributed by atoms with Crippen molar-refractivity contribution in [1.82, 2.24) is 4.72 Å². The average molecular weight is 280 g/mol. The van der Waals surface area contributed by atoms with E-state index in [-0.39, 0.29) is 17.2 Å². The van der Waals surface area contributed by atoms with Crippen molar-refractivity contribution in [1.29, 1.82) is 0 Å². The van der Waals surface area contributed by atoms with Gasteiger partial charge in [-0.3, -0.25) is 0 Å². The highest BCUT2D eigenvalue weighted by Gasteiger charge is 2.14. The Morgan fingerprint density at radius 2 is 1.88 bits per heavy atom. The van der Waals surface area contributed by atoms with Gasteiger partial charge in [0, 0.05) is 6.54 Å². The molecule has 1 rings (SSSR count). The maximum absolute atomic E-state index is 11.6. The van der Waals surface area contributed by atoms with Crippen molar-refractivity contribution in [3.8, 4) is 5.75 Å². The lowest BCUT2D eigenvalue weighted by molar-refractivity contribution is 0.473. The number of phenols is 1. The molecule has 96 valence electrons. The van der Waals surface area contributed by atoms with Crippen LogP contribution in [0.5, 0.6) is 5.75 Å². The van der Waals surface area contributed by atoms with Gasteiger partial charge in [0.15, 0.2) is 0 Å². The highest BCUT2D eigenvalue weighted by Crippen LogP contribution is 2.15. The van der Waals surface area contributed by atoms with Gasteiger partial charge in [-0.05, 0) is 18.2 Å². The highest BCUT2D eigenvalue weighted by molar-refractivity contribution is 7.90. The monoisotopic (exact) mass is 280 g/mol. The molecule has 0 bridgehead atoms. The minimum atomic E-state index is -3.84. The average Bonchev–Trinajstić information content (AvgIpc) is 2.15. The third-order valence-electron chi connectivity index (χ3n) is 1.81. The number of nitrogens with one attached hydrogen (secondary N) is 1. The Labute approximate surface area is 99.4 Å². The van der Waals surface area contributed by atoms with E-state index < -0.39 is 25.8 Å². The molecule has 0 amide bonds. The summed E-state index contributed by atoms with van der Waals surface area (Å²) in [6, 6.07) is 5.02. The molecular weight excluding hydrogens is 268 g/mol. The maximum atomic E-state index is 11.6. The summed E-state index contributed by atoms with van der Waals surface area (Å²) in [5.41, 5.74) is 0. The number of rotatable bonds is 5. The number of hydrogen-bond acceptors (Lipinski definition) is 5. The predicted molar refractivity (Wildman–Crippen MR) is 61.3 cm³/mol. The van der Waals surface area contributed by atoms with Gasteiger partial charge in [0.25, 0.3) is 0 Å². The topological polar surface area (TPSA) is 127 Å². The SMILES string of the molecule is NS(=O)(=O)CCNS(=O)(=O)c1cccc(O)c1. The summed E-state index contributed by atoms with van der Waals surface area (Å²) in [4.78, 5) is -0.146. The Morgan fingerprint density at radius 3 is 2.41 bits per heavy atom. The fraction of sp³-hybridized carbons (Fsp3) is 0.250. The molecule has 7 nitrogen and oxygen atoms in total. The lowest BCUT2D eigenvalue weighted by atomic mass is 10.3. The van der Waals surface area contributed by atoms with Gasteiger partial charge in [0.2, 0.25) is 20.0 Å². The molecule has 0 atom stereocenters. The first-order chi connectivity index (χ1) is 7.71. The lowest BCUT2D eigenvalue weighted by Crippen LogP contribution is -2.31. The Kier molecular flexibility index (Phi) is 4.09. The van der Waals surface area contributed by atoms with E-state index in [1.165, 1.54) is 18.2 Å². The van der Waals surface area contributed by atoms with Gasteiger partial charge in [0.1, 0.15) is 5.75 Å². The van der Waals surface area contributed by atoms with Crippen LogP contribution in [0.15, 0.2) is 29.2 Å². The molecule has 0 aromatic heterocycles. The zero-order chi connectivity index (χ0) is 13.1. The van der Waals surface area contributed by atoms with Gasteiger partial charge in [-0.15, -0.1) is 0 Å². The van der Waals surface area contributed by atoms with Crippen LogP contribution in [0.4, 0.5) is 0 Å². The van der Waals surface area contributed by atoms with E-state index in [1.54, 1.807) is 0 Å². The number of phenolic OH excluding ortho intramolecular Hbond substituents is 1. The molecule has 0 aliphatic heterocycles. The van der Waals surface area contributed by atoms with Crippen molar-refractivity contribution < 1.29 is 21.9 Å². The third-order valence-corrected chi connectivity index (χ3v) is 4.04. The van der Waals surface area contributed by atoms with Gasteiger partial charge < -0.3 is 5.11 Å². The molecule has 1 aromatic carbocycles. The number of sulfonamides is 2. The van der Waals surface area contributed by atoms with Crippen LogP contribution in [0.1, 0.15) is 0 Å². The summed E-state index contributed by atoms with van der Waals surface area (Å²) in [6.45, 7) is -0.323. The maximum Gasteiger partial charge on any atom is 0.240 e. The molecule has 1 aromatic rings. The summed E-state index contributed by atoms with van der Waals surface area (Å²) < 4.78 is 46.5. The van der Waals surface area contributed by atoms with E-state index in [0.717, 1.165) is 6.07 Å². The summed E-state index contributed by atoms with van der Waals surface area (Å²) in [6.07, 6.45) is 0. The second-order valence-corrected chi connectivity index (χ2v) is 6.76. The minimum absolute atomic E-state index is 0.146. The predicted octanol–water partition coefficient (Wildman–Crippen LogP) is -1.04. The molecule has 9 heteroatoms. The fourth-order valence-electron chi connectivity index (χ4n) is 1.05. The molecule has 17 heavy (non-hydrogen) atoms. The van der Waals surface area contributed by atoms with E-state index in [4.69, 9.17) is 10.2 Å². The molecule has 0 saturated heterocycles. The van der Waals surface area contributed by atoms with Crippen LogP contribution >= 0.6 is 0 Å². The summed E-state index contributed by atoms with van der Waals surface area (Å²) in [7, 11) is -7.55. The molecule has 0 saturated carbocycles. The van der Waals surface area contributed by atoms with Crippen molar-refractivity contribution in [3.05, 3.63) is 24.3 Å². The standard InChI is InChI=1S/C8H12N2O5S2/c9-16(12,13)5-4-10-17(14,15)8-3-1-2-7(11)6-8/h1-3,6,10-11H,4-5H2,(H2,9,12,13). The number of hydrogen-bond donors (Lipinski definition) is 3. The van der Waals surface area contributed by atoms with Crippen LogP contribution in [-0.2, 0) is 20.0 Å². The summed E-state index contributed by atoms with van der Waals surface area (Å²) in [5, 5.41) is 13.8. The number of aromatic hydroxyl groups is 1. The largest absolute Gasteiger partial charge is 0.508 e. The Balaban J connectivity index is 2.77. The Bertz CT molecular complexity index is 594. The van der Waals surface area contributed by atoms with Crippen LogP contribution in [-0.4, -0.2) is 34.2 Å². The minimum Gasteiger partial charge on any atom is -0.508 e. The Hall–Kier alpha value is -1.16. The fourth-order valence-corrected chi connectivity index (χ4v) is 2.64. The summed E-state index contributed by atoms with van der Waals surface area (Å²) >= 11 is 0. The first-order valence-electron chi connectivity index (χ1n) is 4.50. The van der Waals surface area contributed by atoms with Crippen LogP contribution in [0.25, 0.3) is 0 Å². The van der Waals surface area contributed by atoms with E-state index in [0.29, 0.717) is 0 Å². The molecule has 0 aliphatic rings. The van der Waals surface area contributed by atoms with Gasteiger partial charge >= 0.3 is 0 Å². The van der Waals surface area contributed by atoms with Crippen LogP contribution in [0.3, 0.4) is 0 Å². The smallest absolute Gasteiger partial charge is 0.240 e. The molecule has 0 unspecified atom stereocenters. The van der Waals surface area contributed by atoms with Crippen molar-refractivity contribution in [2.45, 2.75) is 4.90 Å². The van der Waals surface area contributed by atoms with E-state index >= 15 is 0 Å². The lowest BCUT2D eigenvalue weighted by Gasteiger charge is -2.06. The highest BCUT2D eigenvalue weighted by atomic mass is 32.2. The third kappa shape index (κ3) is 4.69. The quantitative estimate of drug-likeness (QED) is 0.635. The molecule has 4 N–H and O–H groups in total. The number of benzene rings is 1. The Morgan fingerprint density at radius 1 is 1.24 bits per heavy atom. The molecule has 0 spiro atoms. The normalized spacial score (nSPS) is 12.5. The van der Waals surface area contributed by atoms with Crippen molar-refractivity contribution in [2.24, 2.45) is 5.14 Å². The van der Waals surface area contributed by atoms with Gasteiger partial charge in [0.05, 0.1) is 10.6 Å². The zero-order valence-electron chi connectivity index (χ0n) is 8.70. The molecule has 0 aliphatic carbocycles. The zero-order valence-corrected chi connectivity index (χ0v) is 10.3. The van der Waals surface area contributed by atoms with E-state index in [9.17, 15) is 16.8 Å². The first kappa shape index (κ1) is 13.9. The number of primary sulfonamides is 1.